The van der Waals surface area contributed by atoms with Crippen LogP contribution in [0, 0.1) is 10.1 Å². The Morgan fingerprint density at radius 2 is 2.10 bits per heavy atom. The SMILES string of the molecule is Nc1cc(C(=O)NCCN2CCCC2)ccc1[N+](=O)[O-]. The van der Waals surface area contributed by atoms with Crippen molar-refractivity contribution in [3.8, 4) is 0 Å². The van der Waals surface area contributed by atoms with E-state index in [0.29, 0.717) is 12.1 Å². The second-order valence-electron chi connectivity index (χ2n) is 4.84. The van der Waals surface area contributed by atoms with Crippen LogP contribution in [0.4, 0.5) is 11.4 Å². The van der Waals surface area contributed by atoms with E-state index in [4.69, 9.17) is 5.73 Å². The first-order valence-corrected chi connectivity index (χ1v) is 6.62. The van der Waals surface area contributed by atoms with Crippen LogP contribution in [-0.2, 0) is 0 Å². The van der Waals surface area contributed by atoms with E-state index in [1.54, 1.807) is 0 Å². The van der Waals surface area contributed by atoms with Crippen LogP contribution in [0.3, 0.4) is 0 Å². The Bertz CT molecular complexity index is 512. The molecule has 0 spiro atoms. The third-order valence-electron chi connectivity index (χ3n) is 3.40. The number of nitro benzene ring substituents is 1. The van der Waals surface area contributed by atoms with E-state index >= 15 is 0 Å². The summed E-state index contributed by atoms with van der Waals surface area (Å²) in [5.74, 6) is -0.259. The molecule has 0 radical (unpaired) electrons. The largest absolute Gasteiger partial charge is 0.393 e. The first kappa shape index (κ1) is 14.3. The standard InChI is InChI=1S/C13H18N4O3/c14-11-9-10(3-4-12(11)17(19)20)13(18)15-5-8-16-6-1-2-7-16/h3-4,9H,1-2,5-8,14H2,(H,15,18). The van der Waals surface area contributed by atoms with Gasteiger partial charge < -0.3 is 16.0 Å². The van der Waals surface area contributed by atoms with Gasteiger partial charge in [0.15, 0.2) is 0 Å². The molecule has 0 saturated carbocycles. The minimum Gasteiger partial charge on any atom is -0.393 e. The van der Waals surface area contributed by atoms with Crippen molar-refractivity contribution in [2.45, 2.75) is 12.8 Å². The van der Waals surface area contributed by atoms with E-state index in [9.17, 15) is 14.9 Å². The van der Waals surface area contributed by atoms with Crippen LogP contribution in [-0.4, -0.2) is 41.9 Å². The average molecular weight is 278 g/mol. The number of benzene rings is 1. The van der Waals surface area contributed by atoms with Gasteiger partial charge in [-0.1, -0.05) is 0 Å². The van der Waals surface area contributed by atoms with Gasteiger partial charge in [0.25, 0.3) is 11.6 Å². The number of nitrogens with one attached hydrogen (secondary N) is 1. The zero-order valence-corrected chi connectivity index (χ0v) is 11.2. The lowest BCUT2D eigenvalue weighted by molar-refractivity contribution is -0.383. The van der Waals surface area contributed by atoms with E-state index < -0.39 is 4.92 Å². The minimum absolute atomic E-state index is 0.00203. The Kier molecular flexibility index (Phi) is 4.52. The lowest BCUT2D eigenvalue weighted by Crippen LogP contribution is -2.33. The molecule has 0 aliphatic carbocycles. The fraction of sp³-hybridized carbons (Fsp3) is 0.462. The number of nitrogens with zero attached hydrogens (tertiary/aromatic N) is 2. The maximum absolute atomic E-state index is 11.9. The van der Waals surface area contributed by atoms with Crippen molar-refractivity contribution < 1.29 is 9.72 Å². The van der Waals surface area contributed by atoms with Crippen molar-refractivity contribution in [1.82, 2.24) is 10.2 Å². The smallest absolute Gasteiger partial charge is 0.292 e. The molecule has 1 aromatic rings. The summed E-state index contributed by atoms with van der Waals surface area (Å²) in [6.45, 7) is 3.56. The first-order valence-electron chi connectivity index (χ1n) is 6.62. The molecule has 0 bridgehead atoms. The Hall–Kier alpha value is -2.15. The van der Waals surface area contributed by atoms with Crippen molar-refractivity contribution in [1.29, 1.82) is 0 Å². The van der Waals surface area contributed by atoms with Gasteiger partial charge in [-0.2, -0.15) is 0 Å². The summed E-state index contributed by atoms with van der Waals surface area (Å²) in [6.07, 6.45) is 2.43. The molecule has 1 aromatic carbocycles. The maximum Gasteiger partial charge on any atom is 0.292 e. The number of rotatable bonds is 5. The number of carbonyl (C=O) groups excluding carboxylic acids is 1. The van der Waals surface area contributed by atoms with Crippen LogP contribution in [0.2, 0.25) is 0 Å². The summed E-state index contributed by atoms with van der Waals surface area (Å²) >= 11 is 0. The molecule has 1 saturated heterocycles. The Labute approximate surface area is 116 Å². The molecular weight excluding hydrogens is 260 g/mol. The van der Waals surface area contributed by atoms with Crippen LogP contribution in [0.1, 0.15) is 23.2 Å². The molecule has 0 atom stereocenters. The molecule has 0 aromatic heterocycles. The monoisotopic (exact) mass is 278 g/mol. The van der Waals surface area contributed by atoms with Gasteiger partial charge in [0.2, 0.25) is 0 Å². The number of carbonyl (C=O) groups is 1. The predicted molar refractivity (Wildman–Crippen MR) is 75.5 cm³/mol. The fourth-order valence-electron chi connectivity index (χ4n) is 2.30. The molecule has 0 unspecified atom stereocenters. The number of hydrogen-bond acceptors (Lipinski definition) is 5. The van der Waals surface area contributed by atoms with E-state index in [1.165, 1.54) is 31.0 Å². The number of nitrogens with two attached hydrogens (primary N) is 1. The molecule has 3 N–H and O–H groups in total. The topological polar surface area (TPSA) is 102 Å². The van der Waals surface area contributed by atoms with Gasteiger partial charge in [-0.05, 0) is 38.1 Å². The fourth-order valence-corrected chi connectivity index (χ4v) is 2.30. The summed E-state index contributed by atoms with van der Waals surface area (Å²) in [6, 6.07) is 4.01. The number of nitrogen functional groups attached to an aromatic ring is 1. The quantitative estimate of drug-likeness (QED) is 0.475. The lowest BCUT2D eigenvalue weighted by atomic mass is 10.1. The number of nitro groups is 1. The Morgan fingerprint density at radius 1 is 1.40 bits per heavy atom. The second kappa shape index (κ2) is 6.33. The molecule has 1 amide bonds. The van der Waals surface area contributed by atoms with Gasteiger partial charge in [-0.25, -0.2) is 0 Å². The highest BCUT2D eigenvalue weighted by Crippen LogP contribution is 2.21. The Morgan fingerprint density at radius 3 is 2.70 bits per heavy atom. The molecule has 1 heterocycles. The molecule has 2 rings (SSSR count). The lowest BCUT2D eigenvalue weighted by Gasteiger charge is -2.14. The summed E-state index contributed by atoms with van der Waals surface area (Å²) < 4.78 is 0. The van der Waals surface area contributed by atoms with Crippen molar-refractivity contribution in [2.75, 3.05) is 31.9 Å². The molecule has 20 heavy (non-hydrogen) atoms. The number of hydrogen-bond donors (Lipinski definition) is 2. The van der Waals surface area contributed by atoms with Gasteiger partial charge in [-0.15, -0.1) is 0 Å². The maximum atomic E-state index is 11.9. The van der Waals surface area contributed by atoms with Gasteiger partial charge in [0, 0.05) is 24.7 Å². The van der Waals surface area contributed by atoms with E-state index in [-0.39, 0.29) is 17.3 Å². The first-order chi connectivity index (χ1) is 9.58. The van der Waals surface area contributed by atoms with Crippen molar-refractivity contribution in [2.24, 2.45) is 0 Å². The van der Waals surface area contributed by atoms with Crippen molar-refractivity contribution in [3.63, 3.8) is 0 Å². The average Bonchev–Trinajstić information content (AvgIpc) is 2.91. The summed E-state index contributed by atoms with van der Waals surface area (Å²) in [5, 5.41) is 13.4. The van der Waals surface area contributed by atoms with E-state index in [1.807, 2.05) is 0 Å². The number of anilines is 1. The van der Waals surface area contributed by atoms with Gasteiger partial charge in [0.1, 0.15) is 5.69 Å². The number of amides is 1. The highest BCUT2D eigenvalue weighted by molar-refractivity contribution is 5.95. The van der Waals surface area contributed by atoms with Crippen LogP contribution < -0.4 is 11.1 Å². The molecule has 1 fully saturated rings. The summed E-state index contributed by atoms with van der Waals surface area (Å²) in [7, 11) is 0. The molecule has 108 valence electrons. The predicted octanol–water partition coefficient (Wildman–Crippen LogP) is 1.00. The van der Waals surface area contributed by atoms with Gasteiger partial charge in [-0.3, -0.25) is 14.9 Å². The third kappa shape index (κ3) is 3.45. The van der Waals surface area contributed by atoms with Gasteiger partial charge >= 0.3 is 0 Å². The van der Waals surface area contributed by atoms with Crippen LogP contribution >= 0.6 is 0 Å². The molecule has 1 aliphatic rings. The third-order valence-corrected chi connectivity index (χ3v) is 3.40. The van der Waals surface area contributed by atoms with E-state index in [2.05, 4.69) is 10.2 Å². The van der Waals surface area contributed by atoms with Crippen LogP contribution in [0.25, 0.3) is 0 Å². The van der Waals surface area contributed by atoms with Crippen molar-refractivity contribution in [3.05, 3.63) is 33.9 Å². The molecule has 7 nitrogen and oxygen atoms in total. The van der Waals surface area contributed by atoms with Gasteiger partial charge in [0.05, 0.1) is 4.92 Å². The zero-order chi connectivity index (χ0) is 14.5. The minimum atomic E-state index is -0.565. The van der Waals surface area contributed by atoms with E-state index in [0.717, 1.165) is 19.6 Å². The highest BCUT2D eigenvalue weighted by Gasteiger charge is 2.15. The molecule has 1 aliphatic heterocycles. The van der Waals surface area contributed by atoms with Crippen LogP contribution in [0.15, 0.2) is 18.2 Å². The second-order valence-corrected chi connectivity index (χ2v) is 4.84. The molecular formula is C13H18N4O3. The summed E-state index contributed by atoms with van der Waals surface area (Å²) in [5.41, 5.74) is 5.72. The number of likely N-dealkylation sites (tertiary alicyclic amines) is 1. The van der Waals surface area contributed by atoms with Crippen molar-refractivity contribution >= 4 is 17.3 Å². The summed E-state index contributed by atoms with van der Waals surface area (Å²) in [4.78, 5) is 24.3. The van der Waals surface area contributed by atoms with Crippen LogP contribution in [0.5, 0.6) is 0 Å². The zero-order valence-electron chi connectivity index (χ0n) is 11.2. The normalized spacial score (nSPS) is 15.2. The molecule has 7 heteroatoms. The highest BCUT2D eigenvalue weighted by atomic mass is 16.6. The Balaban J connectivity index is 1.88.